The Balaban J connectivity index is 1.62. The second kappa shape index (κ2) is 6.01. The number of hydrogen-bond donors (Lipinski definition) is 0. The third kappa shape index (κ3) is 2.71. The van der Waals surface area contributed by atoms with Crippen LogP contribution in [0.3, 0.4) is 0 Å². The molecule has 2 aromatic rings. The lowest BCUT2D eigenvalue weighted by Crippen LogP contribution is -2.51. The highest BCUT2D eigenvalue weighted by Gasteiger charge is 2.36. The molecule has 1 saturated carbocycles. The van der Waals surface area contributed by atoms with Crippen molar-refractivity contribution in [2.75, 3.05) is 24.5 Å². The Morgan fingerprint density at radius 3 is 2.67 bits per heavy atom. The number of piperazine rings is 1. The van der Waals surface area contributed by atoms with E-state index in [1.54, 1.807) is 30.6 Å². The minimum absolute atomic E-state index is 0.115. The van der Waals surface area contributed by atoms with Gasteiger partial charge in [-0.2, -0.15) is 9.78 Å². The molecular weight excluding hydrogens is 374 g/mol. The minimum Gasteiger partial charge on any atom is -0.358 e. The van der Waals surface area contributed by atoms with E-state index in [2.05, 4.69) is 26.0 Å². The maximum Gasteiger partial charge on any atom is 0.289 e. The monoisotopic (exact) mass is 389 g/mol. The Morgan fingerprint density at radius 2 is 2.00 bits per heavy atom. The summed E-state index contributed by atoms with van der Waals surface area (Å²) in [7, 11) is 0. The highest BCUT2D eigenvalue weighted by molar-refractivity contribution is 9.10. The van der Waals surface area contributed by atoms with E-state index in [0.717, 1.165) is 12.8 Å². The van der Waals surface area contributed by atoms with Crippen LogP contribution in [0.2, 0.25) is 0 Å². The lowest BCUT2D eigenvalue weighted by atomic mass is 10.2. The van der Waals surface area contributed by atoms with Gasteiger partial charge in [0.25, 0.3) is 5.56 Å². The Hall–Kier alpha value is -2.22. The SMILES string of the molecule is O=C1CN(c2cnn(-c3ccccn3)c(=O)c2Br)CCN1C1CC1. The average Bonchev–Trinajstić information content (AvgIpc) is 3.43. The molecule has 2 fully saturated rings. The third-order valence-electron chi connectivity index (χ3n) is 4.35. The summed E-state index contributed by atoms with van der Waals surface area (Å²) in [5.41, 5.74) is 0.360. The van der Waals surface area contributed by atoms with Crippen molar-refractivity contribution in [2.24, 2.45) is 0 Å². The highest BCUT2D eigenvalue weighted by atomic mass is 79.9. The number of rotatable bonds is 3. The van der Waals surface area contributed by atoms with Crippen LogP contribution < -0.4 is 10.5 Å². The minimum atomic E-state index is -0.289. The van der Waals surface area contributed by atoms with Crippen LogP contribution in [-0.2, 0) is 4.79 Å². The Labute approximate surface area is 147 Å². The van der Waals surface area contributed by atoms with Crippen LogP contribution in [0, 0.1) is 0 Å². The summed E-state index contributed by atoms with van der Waals surface area (Å²) in [5.74, 6) is 0.578. The topological polar surface area (TPSA) is 71.3 Å². The number of carbonyl (C=O) groups is 1. The molecule has 7 nitrogen and oxygen atoms in total. The summed E-state index contributed by atoms with van der Waals surface area (Å²) in [6.07, 6.45) is 5.44. The predicted molar refractivity (Wildman–Crippen MR) is 92.3 cm³/mol. The van der Waals surface area contributed by atoms with Gasteiger partial charge in [-0.1, -0.05) is 6.07 Å². The van der Waals surface area contributed by atoms with Gasteiger partial charge in [-0.3, -0.25) is 9.59 Å². The molecule has 4 rings (SSSR count). The molecule has 0 unspecified atom stereocenters. The van der Waals surface area contributed by atoms with Crippen molar-refractivity contribution in [3.63, 3.8) is 0 Å². The molecule has 3 heterocycles. The molecule has 124 valence electrons. The van der Waals surface area contributed by atoms with E-state index in [1.807, 2.05) is 9.80 Å². The number of hydrogen-bond acceptors (Lipinski definition) is 5. The van der Waals surface area contributed by atoms with Gasteiger partial charge in [0.2, 0.25) is 5.91 Å². The zero-order valence-corrected chi connectivity index (χ0v) is 14.5. The molecule has 2 aromatic heterocycles. The second-order valence-corrected chi connectivity index (χ2v) is 6.78. The van der Waals surface area contributed by atoms with Crippen LogP contribution in [0.15, 0.2) is 39.9 Å². The van der Waals surface area contributed by atoms with E-state index in [4.69, 9.17) is 0 Å². The summed E-state index contributed by atoms with van der Waals surface area (Å²) >= 11 is 3.37. The van der Waals surface area contributed by atoms with E-state index < -0.39 is 0 Å². The average molecular weight is 390 g/mol. The molecule has 0 atom stereocenters. The highest BCUT2D eigenvalue weighted by Crippen LogP contribution is 2.30. The van der Waals surface area contributed by atoms with E-state index in [-0.39, 0.29) is 18.0 Å². The fourth-order valence-corrected chi connectivity index (χ4v) is 3.47. The molecule has 0 N–H and O–H groups in total. The van der Waals surface area contributed by atoms with Crippen molar-refractivity contribution in [3.05, 3.63) is 45.4 Å². The molecule has 8 heteroatoms. The first-order valence-corrected chi connectivity index (χ1v) is 8.68. The van der Waals surface area contributed by atoms with E-state index in [0.29, 0.717) is 35.1 Å². The van der Waals surface area contributed by atoms with Crippen molar-refractivity contribution in [1.82, 2.24) is 19.7 Å². The van der Waals surface area contributed by atoms with Gasteiger partial charge >= 0.3 is 0 Å². The number of aromatic nitrogens is 3. The molecule has 0 bridgehead atoms. The van der Waals surface area contributed by atoms with Gasteiger partial charge in [0, 0.05) is 25.3 Å². The van der Waals surface area contributed by atoms with Crippen molar-refractivity contribution < 1.29 is 4.79 Å². The molecule has 0 aromatic carbocycles. The van der Waals surface area contributed by atoms with Crippen molar-refractivity contribution >= 4 is 27.5 Å². The third-order valence-corrected chi connectivity index (χ3v) is 5.10. The standard InChI is InChI=1S/C16H16BrN5O2/c17-15-12(20-7-8-21(11-4-5-11)14(23)10-20)9-19-22(16(15)24)13-3-1-2-6-18-13/h1-3,6,9,11H,4-5,7-8,10H2. The van der Waals surface area contributed by atoms with Crippen LogP contribution in [0.1, 0.15) is 12.8 Å². The van der Waals surface area contributed by atoms with Gasteiger partial charge in [0.05, 0.1) is 18.4 Å². The van der Waals surface area contributed by atoms with Gasteiger partial charge in [-0.15, -0.1) is 0 Å². The zero-order chi connectivity index (χ0) is 16.7. The van der Waals surface area contributed by atoms with Gasteiger partial charge in [0.15, 0.2) is 5.82 Å². The molecule has 1 aliphatic heterocycles. The van der Waals surface area contributed by atoms with Crippen LogP contribution in [0.5, 0.6) is 0 Å². The Kier molecular flexibility index (Phi) is 3.84. The summed E-state index contributed by atoms with van der Waals surface area (Å²) in [6.45, 7) is 1.68. The summed E-state index contributed by atoms with van der Waals surface area (Å²) in [5, 5.41) is 4.22. The van der Waals surface area contributed by atoms with Crippen LogP contribution in [0.25, 0.3) is 5.82 Å². The van der Waals surface area contributed by atoms with Gasteiger partial charge in [0.1, 0.15) is 4.47 Å². The van der Waals surface area contributed by atoms with Crippen LogP contribution in [0.4, 0.5) is 5.69 Å². The van der Waals surface area contributed by atoms with Gasteiger partial charge < -0.3 is 9.80 Å². The fraction of sp³-hybridized carbons (Fsp3) is 0.375. The maximum atomic E-state index is 12.6. The Bertz CT molecular complexity index is 834. The molecule has 2 aliphatic rings. The summed E-state index contributed by atoms with van der Waals surface area (Å²) < 4.78 is 1.64. The first-order chi connectivity index (χ1) is 11.6. The smallest absolute Gasteiger partial charge is 0.289 e. The number of pyridine rings is 1. The molecule has 24 heavy (non-hydrogen) atoms. The summed E-state index contributed by atoms with van der Waals surface area (Å²) in [4.78, 5) is 32.9. The van der Waals surface area contributed by atoms with Gasteiger partial charge in [-0.05, 0) is 40.9 Å². The molecule has 0 radical (unpaired) electrons. The zero-order valence-electron chi connectivity index (χ0n) is 12.9. The first-order valence-electron chi connectivity index (χ1n) is 7.89. The van der Waals surface area contributed by atoms with Crippen LogP contribution >= 0.6 is 15.9 Å². The van der Waals surface area contributed by atoms with Crippen molar-refractivity contribution in [1.29, 1.82) is 0 Å². The molecule has 1 saturated heterocycles. The number of halogens is 1. The van der Waals surface area contributed by atoms with E-state index in [1.165, 1.54) is 4.68 Å². The van der Waals surface area contributed by atoms with Crippen molar-refractivity contribution in [3.8, 4) is 5.82 Å². The quantitative estimate of drug-likeness (QED) is 0.788. The summed E-state index contributed by atoms with van der Waals surface area (Å²) in [6, 6.07) is 5.73. The lowest BCUT2D eigenvalue weighted by Gasteiger charge is -2.35. The lowest BCUT2D eigenvalue weighted by molar-refractivity contribution is -0.131. The predicted octanol–water partition coefficient (Wildman–Crippen LogP) is 1.20. The number of anilines is 1. The number of carbonyl (C=O) groups excluding carboxylic acids is 1. The second-order valence-electron chi connectivity index (χ2n) is 5.99. The number of nitrogens with zero attached hydrogens (tertiary/aromatic N) is 5. The maximum absolute atomic E-state index is 12.6. The molecular formula is C16H16BrN5O2. The van der Waals surface area contributed by atoms with Crippen LogP contribution in [-0.4, -0.2) is 51.2 Å². The fourth-order valence-electron chi connectivity index (χ4n) is 2.95. The van der Waals surface area contributed by atoms with Crippen molar-refractivity contribution in [2.45, 2.75) is 18.9 Å². The van der Waals surface area contributed by atoms with E-state index in [9.17, 15) is 9.59 Å². The first kappa shape index (κ1) is 15.3. The van der Waals surface area contributed by atoms with Gasteiger partial charge in [-0.25, -0.2) is 4.98 Å². The Morgan fingerprint density at radius 1 is 1.17 bits per heavy atom. The largest absolute Gasteiger partial charge is 0.358 e. The number of amides is 1. The molecule has 1 aliphatic carbocycles. The molecule has 1 amide bonds. The van der Waals surface area contributed by atoms with E-state index >= 15 is 0 Å². The molecule has 0 spiro atoms. The normalized spacial score (nSPS) is 18.1.